The fraction of sp³-hybridized carbons (Fsp3) is 0.364. The van der Waals surface area contributed by atoms with E-state index in [0.29, 0.717) is 12.4 Å². The highest BCUT2D eigenvalue weighted by atomic mass is 16.5. The number of ether oxygens (including phenoxy) is 1. The molecule has 0 spiro atoms. The number of allylic oxidation sites excluding steroid dienone is 1. The summed E-state index contributed by atoms with van der Waals surface area (Å²) in [4.78, 5) is 16.3. The van der Waals surface area contributed by atoms with Gasteiger partial charge in [0, 0.05) is 6.54 Å². The van der Waals surface area contributed by atoms with Crippen LogP contribution in [0.2, 0.25) is 0 Å². The summed E-state index contributed by atoms with van der Waals surface area (Å²) in [5, 5.41) is 6.19. The first-order chi connectivity index (χ1) is 13.3. The number of rotatable bonds is 9. The van der Waals surface area contributed by atoms with Crippen LogP contribution in [-0.2, 0) is 4.79 Å². The largest absolute Gasteiger partial charge is 0.493 e. The zero-order valence-electron chi connectivity index (χ0n) is 15.6. The van der Waals surface area contributed by atoms with Crippen LogP contribution in [0, 0.1) is 0 Å². The van der Waals surface area contributed by atoms with Gasteiger partial charge in [0.25, 0.3) is 0 Å². The van der Waals surface area contributed by atoms with Crippen molar-refractivity contribution in [2.75, 3.05) is 23.8 Å². The van der Waals surface area contributed by atoms with E-state index in [2.05, 4.69) is 21.7 Å². The summed E-state index contributed by atoms with van der Waals surface area (Å²) < 4.78 is 5.53. The minimum atomic E-state index is -0.108. The Morgan fingerprint density at radius 2 is 2.00 bits per heavy atom. The number of amides is 1. The predicted molar refractivity (Wildman–Crippen MR) is 109 cm³/mol. The molecule has 1 aliphatic carbocycles. The Labute approximate surface area is 160 Å². The summed E-state index contributed by atoms with van der Waals surface area (Å²) in [7, 11) is 0. The van der Waals surface area contributed by atoms with Gasteiger partial charge in [0.2, 0.25) is 5.91 Å². The molecule has 0 fully saturated rings. The molecular weight excluding hydrogens is 338 g/mol. The van der Waals surface area contributed by atoms with Crippen molar-refractivity contribution in [2.45, 2.75) is 38.5 Å². The fourth-order valence-corrected chi connectivity index (χ4v) is 3.06. The lowest BCUT2D eigenvalue weighted by Gasteiger charge is -2.13. The van der Waals surface area contributed by atoms with Gasteiger partial charge >= 0.3 is 0 Å². The molecule has 0 saturated carbocycles. The molecule has 142 valence electrons. The molecule has 2 aromatic rings. The van der Waals surface area contributed by atoms with Crippen molar-refractivity contribution in [3.63, 3.8) is 0 Å². The number of carbonyl (C=O) groups is 1. The minimum absolute atomic E-state index is 0.108. The van der Waals surface area contributed by atoms with Crippen molar-refractivity contribution in [2.24, 2.45) is 0 Å². The number of benzene rings is 1. The molecule has 3 rings (SSSR count). The van der Waals surface area contributed by atoms with Crippen LogP contribution >= 0.6 is 0 Å². The normalized spacial score (nSPS) is 13.6. The minimum Gasteiger partial charge on any atom is -0.493 e. The van der Waals surface area contributed by atoms with E-state index >= 15 is 0 Å². The van der Waals surface area contributed by atoms with Crippen molar-refractivity contribution in [3.05, 3.63) is 60.3 Å². The topological polar surface area (TPSA) is 63.2 Å². The average Bonchev–Trinajstić information content (AvgIpc) is 2.71. The number of anilines is 2. The molecule has 1 aromatic carbocycles. The molecule has 0 saturated heterocycles. The van der Waals surface area contributed by atoms with E-state index in [0.717, 1.165) is 24.4 Å². The molecule has 1 heterocycles. The molecule has 0 atom stereocenters. The first-order valence-corrected chi connectivity index (χ1v) is 9.65. The Hall–Kier alpha value is -2.82. The highest BCUT2D eigenvalue weighted by molar-refractivity contribution is 5.89. The third-order valence-electron chi connectivity index (χ3n) is 4.53. The zero-order chi connectivity index (χ0) is 18.7. The fourth-order valence-electron chi connectivity index (χ4n) is 3.06. The van der Waals surface area contributed by atoms with E-state index in [1.807, 2.05) is 42.5 Å². The summed E-state index contributed by atoms with van der Waals surface area (Å²) in [6.07, 6.45) is 10.6. The number of nitrogens with one attached hydrogen (secondary N) is 2. The molecule has 1 aliphatic rings. The number of aromatic nitrogens is 1. The van der Waals surface area contributed by atoms with Gasteiger partial charge in [0.05, 0.1) is 24.9 Å². The molecule has 0 bridgehead atoms. The van der Waals surface area contributed by atoms with Crippen LogP contribution in [-0.4, -0.2) is 24.0 Å². The number of nitrogens with zero attached hydrogens (tertiary/aromatic N) is 1. The van der Waals surface area contributed by atoms with Crippen LogP contribution in [0.1, 0.15) is 38.5 Å². The molecule has 27 heavy (non-hydrogen) atoms. The van der Waals surface area contributed by atoms with Gasteiger partial charge in [-0.3, -0.25) is 4.79 Å². The molecular formula is C22H27N3O2. The summed E-state index contributed by atoms with van der Waals surface area (Å²) in [6.45, 7) is 1.25. The summed E-state index contributed by atoms with van der Waals surface area (Å²) >= 11 is 0. The van der Waals surface area contributed by atoms with Crippen molar-refractivity contribution in [1.82, 2.24) is 4.98 Å². The van der Waals surface area contributed by atoms with E-state index in [9.17, 15) is 4.79 Å². The van der Waals surface area contributed by atoms with Crippen molar-refractivity contribution >= 4 is 17.4 Å². The Morgan fingerprint density at radius 3 is 2.74 bits per heavy atom. The summed E-state index contributed by atoms with van der Waals surface area (Å²) in [5.41, 5.74) is 2.53. The summed E-state index contributed by atoms with van der Waals surface area (Å²) in [5.74, 6) is 1.21. The van der Waals surface area contributed by atoms with E-state index in [4.69, 9.17) is 4.74 Å². The van der Waals surface area contributed by atoms with Gasteiger partial charge < -0.3 is 15.4 Å². The SMILES string of the molecule is O=C(CCOc1ccccc1)Nc1ccc(NCCC2=CCCCC2)cn1. The van der Waals surface area contributed by atoms with Gasteiger partial charge in [-0.1, -0.05) is 29.8 Å². The van der Waals surface area contributed by atoms with Crippen LogP contribution in [0.15, 0.2) is 60.3 Å². The standard InChI is InChI=1S/C22H27N3O2/c26-22(14-16-27-20-9-5-2-6-10-20)25-21-12-11-19(17-24-21)23-15-13-18-7-3-1-4-8-18/h2,5-7,9-12,17,23H,1,3-4,8,13-16H2,(H,24,25,26). The molecule has 2 N–H and O–H groups in total. The van der Waals surface area contributed by atoms with E-state index in [1.54, 1.807) is 11.8 Å². The van der Waals surface area contributed by atoms with E-state index < -0.39 is 0 Å². The molecule has 0 radical (unpaired) electrons. The van der Waals surface area contributed by atoms with Gasteiger partial charge in [-0.15, -0.1) is 0 Å². The predicted octanol–water partition coefficient (Wildman–Crippen LogP) is 4.79. The van der Waals surface area contributed by atoms with E-state index in [-0.39, 0.29) is 12.3 Å². The molecule has 5 nitrogen and oxygen atoms in total. The first kappa shape index (κ1) is 19.0. The molecule has 1 aromatic heterocycles. The maximum Gasteiger partial charge on any atom is 0.228 e. The van der Waals surface area contributed by atoms with Crippen LogP contribution in [0.25, 0.3) is 0 Å². The number of hydrogen-bond acceptors (Lipinski definition) is 4. The maximum absolute atomic E-state index is 12.0. The Balaban J connectivity index is 1.35. The number of carbonyl (C=O) groups excluding carboxylic acids is 1. The quantitative estimate of drug-likeness (QED) is 0.627. The van der Waals surface area contributed by atoms with Gasteiger partial charge in [0.15, 0.2) is 0 Å². The Morgan fingerprint density at radius 1 is 1.11 bits per heavy atom. The molecule has 5 heteroatoms. The second kappa shape index (κ2) is 10.4. The number of pyridine rings is 1. The lowest BCUT2D eigenvalue weighted by molar-refractivity contribution is -0.116. The highest BCUT2D eigenvalue weighted by Gasteiger charge is 2.05. The van der Waals surface area contributed by atoms with E-state index in [1.165, 1.54) is 25.7 Å². The summed E-state index contributed by atoms with van der Waals surface area (Å²) in [6, 6.07) is 13.2. The number of para-hydroxylation sites is 1. The first-order valence-electron chi connectivity index (χ1n) is 9.65. The average molecular weight is 365 g/mol. The van der Waals surface area contributed by atoms with Gasteiger partial charge in [-0.05, 0) is 56.4 Å². The van der Waals surface area contributed by atoms with Gasteiger partial charge in [0.1, 0.15) is 11.6 Å². The lowest BCUT2D eigenvalue weighted by atomic mass is 9.97. The van der Waals surface area contributed by atoms with Crippen LogP contribution in [0.5, 0.6) is 5.75 Å². The second-order valence-corrected chi connectivity index (χ2v) is 6.68. The monoisotopic (exact) mass is 365 g/mol. The van der Waals surface area contributed by atoms with Gasteiger partial charge in [-0.25, -0.2) is 4.98 Å². The van der Waals surface area contributed by atoms with Crippen LogP contribution in [0.4, 0.5) is 11.5 Å². The van der Waals surface area contributed by atoms with Gasteiger partial charge in [-0.2, -0.15) is 0 Å². The third-order valence-corrected chi connectivity index (χ3v) is 4.53. The van der Waals surface area contributed by atoms with Crippen molar-refractivity contribution in [3.8, 4) is 5.75 Å². The zero-order valence-corrected chi connectivity index (χ0v) is 15.6. The molecule has 1 amide bonds. The van der Waals surface area contributed by atoms with Crippen LogP contribution < -0.4 is 15.4 Å². The third kappa shape index (κ3) is 6.77. The smallest absolute Gasteiger partial charge is 0.228 e. The lowest BCUT2D eigenvalue weighted by Crippen LogP contribution is -2.16. The number of hydrogen-bond donors (Lipinski definition) is 2. The molecule has 0 unspecified atom stereocenters. The van der Waals surface area contributed by atoms with Crippen molar-refractivity contribution < 1.29 is 9.53 Å². The Kier molecular flexibility index (Phi) is 7.27. The Bertz CT molecular complexity index is 742. The highest BCUT2D eigenvalue weighted by Crippen LogP contribution is 2.20. The maximum atomic E-state index is 12.0. The van der Waals surface area contributed by atoms with Crippen molar-refractivity contribution in [1.29, 1.82) is 0 Å². The van der Waals surface area contributed by atoms with Crippen LogP contribution in [0.3, 0.4) is 0 Å². The molecule has 0 aliphatic heterocycles. The second-order valence-electron chi connectivity index (χ2n) is 6.68.